The third-order valence-electron chi connectivity index (χ3n) is 10.9. The zero-order valence-corrected chi connectivity index (χ0v) is 44.7. The fourth-order valence-electron chi connectivity index (χ4n) is 6.70. The van der Waals surface area contributed by atoms with Crippen molar-refractivity contribution in [1.82, 2.24) is 5.32 Å². The molecule has 9 heteroatoms. The predicted octanol–water partition coefficient (Wildman–Crippen LogP) is 16.0. The first kappa shape index (κ1) is 64.6. The Morgan fingerprint density at radius 3 is 1.35 bits per heavy atom. The maximum Gasteiger partial charge on any atom is 0.472 e. The highest BCUT2D eigenvalue weighted by Crippen LogP contribution is 2.43. The van der Waals surface area contributed by atoms with Crippen molar-refractivity contribution in [1.29, 1.82) is 0 Å². The van der Waals surface area contributed by atoms with E-state index in [1.54, 1.807) is 6.08 Å². The van der Waals surface area contributed by atoms with Gasteiger partial charge in [0.2, 0.25) is 5.91 Å². The number of rotatable bonds is 46. The lowest BCUT2D eigenvalue weighted by Gasteiger charge is -2.25. The van der Waals surface area contributed by atoms with Crippen molar-refractivity contribution in [2.24, 2.45) is 0 Å². The van der Waals surface area contributed by atoms with Crippen molar-refractivity contribution in [3.05, 3.63) is 134 Å². The summed E-state index contributed by atoms with van der Waals surface area (Å²) in [6, 6.07) is -0.904. The van der Waals surface area contributed by atoms with Gasteiger partial charge in [-0.05, 0) is 96.3 Å². The molecule has 8 nitrogen and oxygen atoms in total. The SMILES string of the molecule is CC/C=C\C/C=C\C/C=C\C/C=C\C/C=C\C/C=C\C/C=C\C/C=C\C/C=C\CCCC(=O)NC(COP(=O)(O)OCC[N+](C)(C)C)C(O)/C=C/CC/C=C/CCCCCCCCCCCCC. The normalized spacial score (nSPS) is 15.1. The third kappa shape index (κ3) is 50.5. The highest BCUT2D eigenvalue weighted by atomic mass is 31.2. The fraction of sp³-hybridized carbons (Fsp3) is 0.610. The number of aliphatic hydroxyl groups excluding tert-OH is 1. The Morgan fingerprint density at radius 1 is 0.515 bits per heavy atom. The van der Waals surface area contributed by atoms with E-state index in [1.807, 2.05) is 27.2 Å². The second-order valence-electron chi connectivity index (χ2n) is 18.5. The van der Waals surface area contributed by atoms with Crippen molar-refractivity contribution in [2.45, 2.75) is 193 Å². The van der Waals surface area contributed by atoms with E-state index in [4.69, 9.17) is 9.05 Å². The Kier molecular flexibility index (Phi) is 46.3. The Balaban J connectivity index is 4.47. The molecule has 386 valence electrons. The monoisotopic (exact) mass is 964 g/mol. The van der Waals surface area contributed by atoms with Crippen LogP contribution in [0.1, 0.15) is 181 Å². The molecule has 3 atom stereocenters. The van der Waals surface area contributed by atoms with Gasteiger partial charge in [-0.1, -0.05) is 212 Å². The van der Waals surface area contributed by atoms with Crippen LogP contribution in [0.5, 0.6) is 0 Å². The molecule has 68 heavy (non-hydrogen) atoms. The standard InChI is InChI=1S/C59H99N2O6P/c1-6-8-10-12-14-16-18-20-22-24-25-26-27-28-29-30-31-32-33-34-35-37-39-41-43-45-47-49-51-53-59(63)60-57(56-67-68(64,65)66-55-54-61(3,4)5)58(62)52-50-48-46-44-42-40-38-36-23-21-19-17-15-13-11-9-7-2/h8,10,14,16,20,22,25-26,28-29,31-32,34-35,39,41-42,44-45,47,50,52,57-58,62H,6-7,9,11-13,15,17-19,21,23-24,27,30,33,36-38,40,43,46,48-49,51,53-56H2,1-5H3,(H-,60,63,64,65)/p+1/b10-8-,16-14-,22-20-,26-25-,29-28-,32-31-,35-34-,41-39-,44-42+,47-45-,52-50+. The smallest absolute Gasteiger partial charge is 0.387 e. The first-order valence-electron chi connectivity index (χ1n) is 26.6. The number of aliphatic hydroxyl groups is 1. The molecule has 3 unspecified atom stereocenters. The van der Waals surface area contributed by atoms with E-state index in [9.17, 15) is 19.4 Å². The average Bonchev–Trinajstić information content (AvgIpc) is 3.30. The van der Waals surface area contributed by atoms with Gasteiger partial charge in [-0.15, -0.1) is 0 Å². The van der Waals surface area contributed by atoms with Crippen LogP contribution in [-0.4, -0.2) is 73.4 Å². The summed E-state index contributed by atoms with van der Waals surface area (Å²) in [5, 5.41) is 13.8. The molecule has 0 saturated carbocycles. The number of hydrogen-bond donors (Lipinski definition) is 3. The molecular formula is C59H100N2O6P+. The second-order valence-corrected chi connectivity index (χ2v) is 20.0. The Labute approximate surface area is 417 Å². The lowest BCUT2D eigenvalue weighted by Crippen LogP contribution is -2.45. The van der Waals surface area contributed by atoms with Gasteiger partial charge in [0, 0.05) is 6.42 Å². The highest BCUT2D eigenvalue weighted by Gasteiger charge is 2.27. The summed E-state index contributed by atoms with van der Waals surface area (Å²) in [4.78, 5) is 23.2. The van der Waals surface area contributed by atoms with E-state index in [0.717, 1.165) is 83.5 Å². The summed E-state index contributed by atoms with van der Waals surface area (Å²) in [7, 11) is 1.49. The van der Waals surface area contributed by atoms with E-state index in [0.29, 0.717) is 17.4 Å². The van der Waals surface area contributed by atoms with Gasteiger partial charge in [0.15, 0.2) is 0 Å². The molecule has 0 aromatic carbocycles. The zero-order chi connectivity index (χ0) is 49.9. The maximum atomic E-state index is 12.9. The summed E-state index contributed by atoms with van der Waals surface area (Å²) >= 11 is 0. The highest BCUT2D eigenvalue weighted by molar-refractivity contribution is 7.47. The topological polar surface area (TPSA) is 105 Å². The summed E-state index contributed by atoms with van der Waals surface area (Å²) in [5.41, 5.74) is 0. The van der Waals surface area contributed by atoms with Gasteiger partial charge in [-0.25, -0.2) is 4.57 Å². The number of likely N-dealkylation sites (N-methyl/N-ethyl adjacent to an activating group) is 1. The number of hydrogen-bond acceptors (Lipinski definition) is 5. The van der Waals surface area contributed by atoms with Crippen LogP contribution in [0.3, 0.4) is 0 Å². The van der Waals surface area contributed by atoms with Gasteiger partial charge in [0.05, 0.1) is 39.9 Å². The van der Waals surface area contributed by atoms with E-state index in [2.05, 4.69) is 141 Å². The fourth-order valence-corrected chi connectivity index (χ4v) is 7.44. The molecule has 0 spiro atoms. The molecule has 0 radical (unpaired) electrons. The number of quaternary nitrogens is 1. The van der Waals surface area contributed by atoms with Gasteiger partial charge >= 0.3 is 7.82 Å². The summed E-state index contributed by atoms with van der Waals surface area (Å²) in [5.74, 6) is -0.251. The number of phosphoric acid groups is 1. The van der Waals surface area contributed by atoms with E-state index in [1.165, 1.54) is 70.6 Å². The van der Waals surface area contributed by atoms with Crippen LogP contribution >= 0.6 is 7.82 Å². The van der Waals surface area contributed by atoms with Gasteiger partial charge in [-0.2, -0.15) is 0 Å². The molecule has 0 aliphatic heterocycles. The summed E-state index contributed by atoms with van der Waals surface area (Å²) < 4.78 is 23.6. The maximum absolute atomic E-state index is 12.9. The van der Waals surface area contributed by atoms with Crippen molar-refractivity contribution in [3.63, 3.8) is 0 Å². The number of nitrogens with zero attached hydrogens (tertiary/aromatic N) is 1. The number of amides is 1. The molecule has 0 aliphatic carbocycles. The average molecular weight is 964 g/mol. The minimum atomic E-state index is -4.38. The molecule has 0 heterocycles. The zero-order valence-electron chi connectivity index (χ0n) is 43.8. The molecule has 0 aromatic heterocycles. The summed E-state index contributed by atoms with van der Waals surface area (Å²) in [6.07, 6.45) is 74.1. The van der Waals surface area contributed by atoms with Gasteiger partial charge in [0.25, 0.3) is 0 Å². The minimum Gasteiger partial charge on any atom is -0.387 e. The number of allylic oxidation sites excluding steroid dienone is 21. The lowest BCUT2D eigenvalue weighted by atomic mass is 10.1. The van der Waals surface area contributed by atoms with Crippen LogP contribution in [0, 0.1) is 0 Å². The van der Waals surface area contributed by atoms with Crippen molar-refractivity contribution in [3.8, 4) is 0 Å². The van der Waals surface area contributed by atoms with E-state index >= 15 is 0 Å². The quantitative estimate of drug-likeness (QED) is 0.0243. The lowest BCUT2D eigenvalue weighted by molar-refractivity contribution is -0.870. The summed E-state index contributed by atoms with van der Waals surface area (Å²) in [6.45, 7) is 4.61. The number of carbonyl (C=O) groups excluding carboxylic acids is 1. The van der Waals surface area contributed by atoms with E-state index in [-0.39, 0.29) is 25.5 Å². The van der Waals surface area contributed by atoms with Crippen LogP contribution in [0.15, 0.2) is 134 Å². The van der Waals surface area contributed by atoms with Crippen molar-refractivity contribution < 1.29 is 32.9 Å². The molecule has 0 aromatic rings. The number of phosphoric ester groups is 1. The van der Waals surface area contributed by atoms with Gasteiger partial charge in [-0.3, -0.25) is 13.8 Å². The molecule has 0 rings (SSSR count). The predicted molar refractivity (Wildman–Crippen MR) is 294 cm³/mol. The van der Waals surface area contributed by atoms with Crippen LogP contribution in [0.25, 0.3) is 0 Å². The largest absolute Gasteiger partial charge is 0.472 e. The van der Waals surface area contributed by atoms with Crippen LogP contribution in [0.4, 0.5) is 0 Å². The molecular weight excluding hydrogens is 864 g/mol. The third-order valence-corrected chi connectivity index (χ3v) is 11.8. The first-order chi connectivity index (χ1) is 33.0. The van der Waals surface area contributed by atoms with Crippen LogP contribution in [0.2, 0.25) is 0 Å². The second kappa shape index (κ2) is 48.7. The molecule has 1 amide bonds. The van der Waals surface area contributed by atoms with Crippen LogP contribution < -0.4 is 5.32 Å². The molecule has 3 N–H and O–H groups in total. The number of unbranched alkanes of at least 4 members (excludes halogenated alkanes) is 13. The molecule has 0 fully saturated rings. The molecule has 0 saturated heterocycles. The number of nitrogens with one attached hydrogen (secondary N) is 1. The molecule has 0 bridgehead atoms. The van der Waals surface area contributed by atoms with Crippen molar-refractivity contribution >= 4 is 13.7 Å². The minimum absolute atomic E-state index is 0.0373. The van der Waals surface area contributed by atoms with Gasteiger partial charge in [0.1, 0.15) is 13.2 Å². The van der Waals surface area contributed by atoms with Crippen LogP contribution in [-0.2, 0) is 18.4 Å². The Bertz CT molecular complexity index is 1560. The van der Waals surface area contributed by atoms with Gasteiger partial charge < -0.3 is 19.8 Å². The van der Waals surface area contributed by atoms with E-state index < -0.39 is 20.0 Å². The first-order valence-corrected chi connectivity index (χ1v) is 28.1. The molecule has 0 aliphatic rings. The number of carbonyl (C=O) groups is 1. The Hall–Kier alpha value is -3.36. The Morgan fingerprint density at radius 2 is 0.897 bits per heavy atom. The van der Waals surface area contributed by atoms with Crippen molar-refractivity contribution in [2.75, 3.05) is 40.9 Å².